The first-order chi connectivity index (χ1) is 13.5. The summed E-state index contributed by atoms with van der Waals surface area (Å²) in [6, 6.07) is 22.0. The second-order valence-electron chi connectivity index (χ2n) is 7.15. The lowest BCUT2D eigenvalue weighted by Crippen LogP contribution is -2.26. The van der Waals surface area contributed by atoms with Crippen LogP contribution in [0.25, 0.3) is 11.1 Å². The first-order valence-corrected chi connectivity index (χ1v) is 9.64. The van der Waals surface area contributed by atoms with Crippen molar-refractivity contribution in [3.8, 4) is 11.1 Å². The van der Waals surface area contributed by atoms with Crippen LogP contribution in [-0.2, 0) is 6.54 Å². The van der Waals surface area contributed by atoms with Gasteiger partial charge in [-0.25, -0.2) is 0 Å². The van der Waals surface area contributed by atoms with Gasteiger partial charge in [0.2, 0.25) is 5.91 Å². The molecule has 0 radical (unpaired) electrons. The lowest BCUT2D eigenvalue weighted by atomic mass is 10.00. The maximum atomic E-state index is 11.3. The third-order valence-corrected chi connectivity index (χ3v) is 5.41. The summed E-state index contributed by atoms with van der Waals surface area (Å²) < 4.78 is 0. The zero-order valence-corrected chi connectivity index (χ0v) is 16.5. The minimum Gasteiger partial charge on any atom is -0.366 e. The number of carbonyl (C=O) groups excluding carboxylic acids is 1. The Hall–Kier alpha value is -2.82. The smallest absolute Gasteiger partial charge is 0.248 e. The van der Waals surface area contributed by atoms with E-state index in [9.17, 15) is 4.79 Å². The molecule has 0 atom stereocenters. The number of hydrogen-bond acceptors (Lipinski definition) is 3. The molecule has 5 heteroatoms. The van der Waals surface area contributed by atoms with E-state index in [0.29, 0.717) is 5.56 Å². The van der Waals surface area contributed by atoms with Gasteiger partial charge in [0.05, 0.1) is 0 Å². The summed E-state index contributed by atoms with van der Waals surface area (Å²) in [5, 5.41) is 0.741. The van der Waals surface area contributed by atoms with Gasteiger partial charge in [-0.05, 0) is 72.3 Å². The van der Waals surface area contributed by atoms with Gasteiger partial charge in [-0.2, -0.15) is 0 Å². The highest BCUT2D eigenvalue weighted by atomic mass is 35.5. The summed E-state index contributed by atoms with van der Waals surface area (Å²) in [4.78, 5) is 16.0. The molecule has 1 aliphatic rings. The Morgan fingerprint density at radius 1 is 0.929 bits per heavy atom. The van der Waals surface area contributed by atoms with Crippen LogP contribution in [0.3, 0.4) is 0 Å². The van der Waals surface area contributed by atoms with E-state index in [4.69, 9.17) is 17.3 Å². The number of hydrogen-bond donors (Lipinski definition) is 1. The van der Waals surface area contributed by atoms with Gasteiger partial charge in [-0.1, -0.05) is 29.8 Å². The van der Waals surface area contributed by atoms with Crippen molar-refractivity contribution in [1.82, 2.24) is 4.90 Å². The van der Waals surface area contributed by atoms with Crippen LogP contribution in [0, 0.1) is 0 Å². The zero-order valence-electron chi connectivity index (χ0n) is 15.7. The molecule has 0 aliphatic carbocycles. The van der Waals surface area contributed by atoms with Gasteiger partial charge in [-0.3, -0.25) is 4.79 Å². The molecule has 28 heavy (non-hydrogen) atoms. The standard InChI is InChI=1S/C23H22ClN3O/c1-26-12-13-27(21-9-7-20(24)8-10-21)22-11-6-18(14-19(22)15-26)16-2-4-17(5-3-16)23(25)28/h2-11,14H,12-13,15H2,1H3,(H2,25,28). The van der Waals surface area contributed by atoms with Crippen molar-refractivity contribution in [2.45, 2.75) is 6.54 Å². The van der Waals surface area contributed by atoms with Gasteiger partial charge >= 0.3 is 0 Å². The van der Waals surface area contributed by atoms with E-state index in [1.165, 1.54) is 11.3 Å². The monoisotopic (exact) mass is 391 g/mol. The topological polar surface area (TPSA) is 49.6 Å². The summed E-state index contributed by atoms with van der Waals surface area (Å²) in [5.41, 5.74) is 11.7. The van der Waals surface area contributed by atoms with E-state index in [-0.39, 0.29) is 0 Å². The molecular formula is C23H22ClN3O. The number of likely N-dealkylation sites (N-methyl/N-ethyl adjacent to an activating group) is 1. The van der Waals surface area contributed by atoms with Crippen LogP contribution in [0.2, 0.25) is 5.02 Å². The van der Waals surface area contributed by atoms with Crippen LogP contribution in [0.4, 0.5) is 11.4 Å². The van der Waals surface area contributed by atoms with Crippen LogP contribution < -0.4 is 10.6 Å². The minimum absolute atomic E-state index is 0.409. The summed E-state index contributed by atoms with van der Waals surface area (Å²) in [6.07, 6.45) is 0. The minimum atomic E-state index is -0.409. The molecule has 0 spiro atoms. The number of primary amides is 1. The maximum Gasteiger partial charge on any atom is 0.248 e. The largest absolute Gasteiger partial charge is 0.366 e. The highest BCUT2D eigenvalue weighted by molar-refractivity contribution is 6.30. The highest BCUT2D eigenvalue weighted by Crippen LogP contribution is 2.34. The molecule has 142 valence electrons. The van der Waals surface area contributed by atoms with Crippen LogP contribution in [-0.4, -0.2) is 30.9 Å². The molecule has 3 aromatic rings. The van der Waals surface area contributed by atoms with Crippen molar-refractivity contribution < 1.29 is 4.79 Å². The Morgan fingerprint density at radius 2 is 1.61 bits per heavy atom. The fraction of sp³-hybridized carbons (Fsp3) is 0.174. The van der Waals surface area contributed by atoms with Gasteiger partial charge in [0, 0.05) is 41.6 Å². The second kappa shape index (κ2) is 7.66. The number of carbonyl (C=O) groups is 1. The lowest BCUT2D eigenvalue weighted by molar-refractivity contribution is 0.100. The third-order valence-electron chi connectivity index (χ3n) is 5.16. The first-order valence-electron chi connectivity index (χ1n) is 9.26. The fourth-order valence-electron chi connectivity index (χ4n) is 3.63. The Kier molecular flexibility index (Phi) is 5.07. The molecule has 1 aliphatic heterocycles. The number of nitrogens with zero attached hydrogens (tertiary/aromatic N) is 2. The molecule has 0 saturated carbocycles. The Labute approximate surface area is 170 Å². The number of rotatable bonds is 3. The van der Waals surface area contributed by atoms with Gasteiger partial charge < -0.3 is 15.5 Å². The molecule has 0 aromatic heterocycles. The Balaban J connectivity index is 1.73. The van der Waals surface area contributed by atoms with Crippen molar-refractivity contribution in [2.24, 2.45) is 5.73 Å². The van der Waals surface area contributed by atoms with E-state index in [2.05, 4.69) is 47.2 Å². The van der Waals surface area contributed by atoms with Crippen LogP contribution in [0.15, 0.2) is 66.7 Å². The quantitative estimate of drug-likeness (QED) is 0.704. The fourth-order valence-corrected chi connectivity index (χ4v) is 3.76. The van der Waals surface area contributed by atoms with Crippen molar-refractivity contribution in [3.05, 3.63) is 82.9 Å². The number of anilines is 2. The normalized spacial score (nSPS) is 14.4. The van der Waals surface area contributed by atoms with E-state index in [1.807, 2.05) is 24.3 Å². The molecule has 4 nitrogen and oxygen atoms in total. The van der Waals surface area contributed by atoms with Gasteiger partial charge in [0.15, 0.2) is 0 Å². The van der Waals surface area contributed by atoms with Gasteiger partial charge in [0.1, 0.15) is 0 Å². The number of fused-ring (bicyclic) bond motifs is 1. The second-order valence-corrected chi connectivity index (χ2v) is 7.59. The van der Waals surface area contributed by atoms with E-state index in [0.717, 1.165) is 41.5 Å². The Bertz CT molecular complexity index is 999. The van der Waals surface area contributed by atoms with Gasteiger partial charge in [0.25, 0.3) is 0 Å². The molecule has 0 unspecified atom stereocenters. The maximum absolute atomic E-state index is 11.3. The predicted molar refractivity (Wildman–Crippen MR) is 115 cm³/mol. The predicted octanol–water partition coefficient (Wildman–Crippen LogP) is 4.69. The highest BCUT2D eigenvalue weighted by Gasteiger charge is 2.20. The summed E-state index contributed by atoms with van der Waals surface area (Å²) >= 11 is 6.07. The molecule has 1 amide bonds. The molecule has 4 rings (SSSR count). The average molecular weight is 392 g/mol. The number of benzene rings is 3. The van der Waals surface area contributed by atoms with Crippen molar-refractivity contribution >= 4 is 28.9 Å². The lowest BCUT2D eigenvalue weighted by Gasteiger charge is -2.25. The molecule has 0 bridgehead atoms. The molecular weight excluding hydrogens is 370 g/mol. The summed E-state index contributed by atoms with van der Waals surface area (Å²) in [7, 11) is 2.14. The molecule has 1 heterocycles. The summed E-state index contributed by atoms with van der Waals surface area (Å²) in [6.45, 7) is 2.77. The number of halogens is 1. The third kappa shape index (κ3) is 3.75. The average Bonchev–Trinajstić information content (AvgIpc) is 2.86. The van der Waals surface area contributed by atoms with Crippen molar-refractivity contribution in [1.29, 1.82) is 0 Å². The van der Waals surface area contributed by atoms with Gasteiger partial charge in [-0.15, -0.1) is 0 Å². The Morgan fingerprint density at radius 3 is 2.29 bits per heavy atom. The van der Waals surface area contributed by atoms with Crippen LogP contribution in [0.5, 0.6) is 0 Å². The molecule has 2 N–H and O–H groups in total. The summed E-state index contributed by atoms with van der Waals surface area (Å²) in [5.74, 6) is -0.409. The van der Waals surface area contributed by atoms with Crippen molar-refractivity contribution in [2.75, 3.05) is 25.0 Å². The molecule has 3 aromatic carbocycles. The SMILES string of the molecule is CN1CCN(c2ccc(Cl)cc2)c2ccc(-c3ccc(C(N)=O)cc3)cc2C1. The van der Waals surface area contributed by atoms with E-state index >= 15 is 0 Å². The van der Waals surface area contributed by atoms with Crippen LogP contribution in [0.1, 0.15) is 15.9 Å². The van der Waals surface area contributed by atoms with Crippen molar-refractivity contribution in [3.63, 3.8) is 0 Å². The number of nitrogens with two attached hydrogens (primary N) is 1. The number of amides is 1. The van der Waals surface area contributed by atoms with E-state index < -0.39 is 5.91 Å². The van der Waals surface area contributed by atoms with E-state index in [1.54, 1.807) is 12.1 Å². The zero-order chi connectivity index (χ0) is 19.7. The van der Waals surface area contributed by atoms with Crippen LogP contribution >= 0.6 is 11.6 Å². The molecule has 0 saturated heterocycles. The first kappa shape index (κ1) is 18.5. The molecule has 0 fully saturated rings.